The van der Waals surface area contributed by atoms with Crippen molar-refractivity contribution in [3.63, 3.8) is 0 Å². The quantitative estimate of drug-likeness (QED) is 0.635. The highest BCUT2D eigenvalue weighted by molar-refractivity contribution is 5.77. The maximum absolute atomic E-state index is 3.29. The van der Waals surface area contributed by atoms with Crippen LogP contribution in [0.15, 0.2) is 18.5 Å². The summed E-state index contributed by atoms with van der Waals surface area (Å²) in [5, 5.41) is 0. The Hall–Kier alpha value is -1.31. The number of H-pyrrole nitrogens is 1. The molecule has 0 aliphatic rings. The molecule has 0 unspecified atom stereocenters. The second-order valence-corrected chi connectivity index (χ2v) is 5.29. The Labute approximate surface area is 90.9 Å². The molecule has 0 aliphatic heterocycles. The fourth-order valence-corrected chi connectivity index (χ4v) is 2.35. The zero-order valence-corrected chi connectivity index (χ0v) is 10.2. The first kappa shape index (κ1) is 10.2. The number of hydrogen-bond donors (Lipinski definition) is 1. The molecule has 1 aromatic heterocycles. The van der Waals surface area contributed by atoms with Crippen LogP contribution in [0.3, 0.4) is 0 Å². The Morgan fingerprint density at radius 2 is 1.87 bits per heavy atom. The molecule has 2 heteroatoms. The van der Waals surface area contributed by atoms with E-state index in [0.717, 1.165) is 0 Å². The van der Waals surface area contributed by atoms with Crippen LogP contribution in [-0.4, -0.2) is 4.98 Å². The fraction of sp³-hybridized carbons (Fsp3) is 0.462. The summed E-state index contributed by atoms with van der Waals surface area (Å²) in [6.45, 7) is 8.98. The maximum atomic E-state index is 3.29. The van der Waals surface area contributed by atoms with Gasteiger partial charge in [-0.25, -0.2) is 9.55 Å². The summed E-state index contributed by atoms with van der Waals surface area (Å²) in [7, 11) is 2.09. The minimum atomic E-state index is 0.184. The van der Waals surface area contributed by atoms with Gasteiger partial charge >= 0.3 is 0 Å². The molecular formula is C13H19N2+. The zero-order valence-electron chi connectivity index (χ0n) is 10.2. The highest BCUT2D eigenvalue weighted by Crippen LogP contribution is 2.30. The number of aromatic amines is 1. The molecule has 0 saturated carbocycles. The summed E-state index contributed by atoms with van der Waals surface area (Å²) in [4.78, 5) is 3.29. The van der Waals surface area contributed by atoms with Gasteiger partial charge in [-0.15, -0.1) is 0 Å². The second kappa shape index (κ2) is 3.09. The number of benzene rings is 1. The smallest absolute Gasteiger partial charge is 0.242 e. The van der Waals surface area contributed by atoms with Crippen molar-refractivity contribution in [1.82, 2.24) is 4.98 Å². The van der Waals surface area contributed by atoms with Gasteiger partial charge in [-0.05, 0) is 24.0 Å². The predicted molar refractivity (Wildman–Crippen MR) is 62.9 cm³/mol. The van der Waals surface area contributed by atoms with Crippen LogP contribution >= 0.6 is 0 Å². The fourth-order valence-electron chi connectivity index (χ4n) is 2.35. The summed E-state index contributed by atoms with van der Waals surface area (Å²) in [6.07, 6.45) is 2.01. The molecule has 0 fully saturated rings. The molecule has 0 radical (unpaired) electrons. The summed E-state index contributed by atoms with van der Waals surface area (Å²) in [5.41, 5.74) is 5.52. The van der Waals surface area contributed by atoms with Crippen molar-refractivity contribution in [2.24, 2.45) is 7.05 Å². The first-order valence-corrected chi connectivity index (χ1v) is 5.38. The van der Waals surface area contributed by atoms with Crippen molar-refractivity contribution in [3.8, 4) is 0 Å². The minimum absolute atomic E-state index is 0.184. The van der Waals surface area contributed by atoms with Gasteiger partial charge in [0.1, 0.15) is 0 Å². The van der Waals surface area contributed by atoms with Crippen molar-refractivity contribution in [2.75, 3.05) is 0 Å². The predicted octanol–water partition coefficient (Wildman–Crippen LogP) is 2.60. The number of fused-ring (bicyclic) bond motifs is 1. The van der Waals surface area contributed by atoms with Gasteiger partial charge in [0.05, 0.1) is 7.05 Å². The summed E-state index contributed by atoms with van der Waals surface area (Å²) >= 11 is 0. The van der Waals surface area contributed by atoms with E-state index in [2.05, 4.69) is 56.4 Å². The van der Waals surface area contributed by atoms with Gasteiger partial charge in [0.2, 0.25) is 6.33 Å². The van der Waals surface area contributed by atoms with Crippen LogP contribution in [0, 0.1) is 6.92 Å². The van der Waals surface area contributed by atoms with Crippen LogP contribution in [0.25, 0.3) is 11.0 Å². The molecule has 2 rings (SSSR count). The molecule has 0 amide bonds. The lowest BCUT2D eigenvalue weighted by molar-refractivity contribution is -0.645. The van der Waals surface area contributed by atoms with Crippen molar-refractivity contribution >= 4 is 11.0 Å². The van der Waals surface area contributed by atoms with E-state index in [-0.39, 0.29) is 5.41 Å². The lowest BCUT2D eigenvalue weighted by atomic mass is 9.83. The van der Waals surface area contributed by atoms with Gasteiger partial charge in [0.15, 0.2) is 11.0 Å². The SMILES string of the molecule is Cc1ccc2[nH]c[n+](C)c2c1C(C)(C)C. The van der Waals surface area contributed by atoms with E-state index in [1.54, 1.807) is 0 Å². The van der Waals surface area contributed by atoms with E-state index in [4.69, 9.17) is 0 Å². The first-order valence-electron chi connectivity index (χ1n) is 5.38. The third kappa shape index (κ3) is 1.54. The topological polar surface area (TPSA) is 19.7 Å². The van der Waals surface area contributed by atoms with E-state index < -0.39 is 0 Å². The molecule has 1 N–H and O–H groups in total. The number of nitrogens with one attached hydrogen (secondary N) is 1. The van der Waals surface area contributed by atoms with Gasteiger partial charge < -0.3 is 0 Å². The molecule has 1 heterocycles. The molecule has 0 atom stereocenters. The molecular weight excluding hydrogens is 184 g/mol. The standard InChI is InChI=1S/C13H18N2/c1-9-6-7-10-12(15(5)8-14-10)11(9)13(2,3)4/h6-8H,1-5H3/p+1. The normalized spacial score (nSPS) is 12.3. The third-order valence-corrected chi connectivity index (χ3v) is 2.90. The van der Waals surface area contributed by atoms with Crippen LogP contribution < -0.4 is 4.57 Å². The second-order valence-electron chi connectivity index (χ2n) is 5.29. The summed E-state index contributed by atoms with van der Waals surface area (Å²) < 4.78 is 2.17. The third-order valence-electron chi connectivity index (χ3n) is 2.90. The number of rotatable bonds is 0. The van der Waals surface area contributed by atoms with E-state index in [0.29, 0.717) is 0 Å². The summed E-state index contributed by atoms with van der Waals surface area (Å²) in [6, 6.07) is 4.35. The van der Waals surface area contributed by atoms with Gasteiger partial charge in [0, 0.05) is 5.56 Å². The van der Waals surface area contributed by atoms with Gasteiger partial charge in [-0.1, -0.05) is 26.8 Å². The van der Waals surface area contributed by atoms with Crippen molar-refractivity contribution in [1.29, 1.82) is 0 Å². The summed E-state index contributed by atoms with van der Waals surface area (Å²) in [5.74, 6) is 0. The Balaban J connectivity index is 2.90. The maximum Gasteiger partial charge on any atom is 0.242 e. The van der Waals surface area contributed by atoms with Crippen molar-refractivity contribution in [2.45, 2.75) is 33.1 Å². The van der Waals surface area contributed by atoms with Crippen LogP contribution in [0.1, 0.15) is 31.9 Å². The molecule has 0 saturated heterocycles. The zero-order chi connectivity index (χ0) is 11.2. The number of aryl methyl sites for hydroxylation is 2. The molecule has 2 nitrogen and oxygen atoms in total. The number of aromatic nitrogens is 2. The Morgan fingerprint density at radius 1 is 1.20 bits per heavy atom. The van der Waals surface area contributed by atoms with Crippen molar-refractivity contribution < 1.29 is 4.57 Å². The molecule has 2 aromatic rings. The largest absolute Gasteiger partial charge is 0.243 e. The first-order chi connectivity index (χ1) is 6.91. The van der Waals surface area contributed by atoms with E-state index in [1.807, 2.05) is 6.33 Å². The van der Waals surface area contributed by atoms with Crippen LogP contribution in [-0.2, 0) is 12.5 Å². The molecule has 1 aromatic carbocycles. The Bertz CT molecular complexity index is 501. The van der Waals surface area contributed by atoms with Gasteiger partial charge in [0.25, 0.3) is 0 Å². The Kier molecular flexibility index (Phi) is 2.10. The average molecular weight is 203 g/mol. The van der Waals surface area contributed by atoms with E-state index >= 15 is 0 Å². The van der Waals surface area contributed by atoms with Crippen LogP contribution in [0.2, 0.25) is 0 Å². The lowest BCUT2D eigenvalue weighted by Crippen LogP contribution is -2.29. The van der Waals surface area contributed by atoms with Gasteiger partial charge in [-0.3, -0.25) is 0 Å². The molecule has 80 valence electrons. The highest BCUT2D eigenvalue weighted by atomic mass is 15.0. The highest BCUT2D eigenvalue weighted by Gasteiger charge is 2.24. The monoisotopic (exact) mass is 203 g/mol. The lowest BCUT2D eigenvalue weighted by Gasteiger charge is -2.21. The molecule has 0 bridgehead atoms. The number of hydrogen-bond acceptors (Lipinski definition) is 0. The van der Waals surface area contributed by atoms with E-state index in [1.165, 1.54) is 22.2 Å². The van der Waals surface area contributed by atoms with Crippen molar-refractivity contribution in [3.05, 3.63) is 29.6 Å². The molecule has 0 spiro atoms. The van der Waals surface area contributed by atoms with E-state index in [9.17, 15) is 0 Å². The average Bonchev–Trinajstić information content (AvgIpc) is 2.46. The Morgan fingerprint density at radius 3 is 2.47 bits per heavy atom. The molecule has 0 aliphatic carbocycles. The van der Waals surface area contributed by atoms with Gasteiger partial charge in [-0.2, -0.15) is 0 Å². The number of imidazole rings is 1. The van der Waals surface area contributed by atoms with Crippen LogP contribution in [0.4, 0.5) is 0 Å². The minimum Gasteiger partial charge on any atom is -0.243 e. The number of nitrogens with zero attached hydrogens (tertiary/aromatic N) is 1. The molecule has 15 heavy (non-hydrogen) atoms. The van der Waals surface area contributed by atoms with Crippen LogP contribution in [0.5, 0.6) is 0 Å².